The highest BCUT2D eigenvalue weighted by Gasteiger charge is 2.44. The van der Waals surface area contributed by atoms with Crippen molar-refractivity contribution in [3.63, 3.8) is 0 Å². The van der Waals surface area contributed by atoms with Crippen molar-refractivity contribution in [2.24, 2.45) is 0 Å². The number of aryl methyl sites for hydroxylation is 1. The van der Waals surface area contributed by atoms with Gasteiger partial charge >= 0.3 is 5.97 Å². The van der Waals surface area contributed by atoms with Crippen LogP contribution in [0.4, 0.5) is 0 Å². The summed E-state index contributed by atoms with van der Waals surface area (Å²) in [6, 6.07) is 18.4. The molecule has 12 heteroatoms. The Morgan fingerprint density at radius 3 is 2.26 bits per heavy atom. The molecular formula is C41H40O12. The van der Waals surface area contributed by atoms with Gasteiger partial charge in [-0.1, -0.05) is 54.6 Å². The number of hydrogen-bond donors (Lipinski definition) is 6. The molecule has 276 valence electrons. The molecule has 6 rings (SSSR count). The van der Waals surface area contributed by atoms with Crippen molar-refractivity contribution in [3.8, 4) is 17.2 Å². The minimum Gasteiger partial charge on any atom is -0.507 e. The second-order valence-corrected chi connectivity index (χ2v) is 13.1. The third-order valence-electron chi connectivity index (χ3n) is 9.39. The summed E-state index contributed by atoms with van der Waals surface area (Å²) in [5.41, 5.74) is 2.48. The van der Waals surface area contributed by atoms with Crippen molar-refractivity contribution < 1.29 is 59.2 Å². The van der Waals surface area contributed by atoms with Crippen LogP contribution in [0.2, 0.25) is 0 Å². The molecule has 0 bridgehead atoms. The molecule has 4 aromatic rings. The highest BCUT2D eigenvalue weighted by atomic mass is 16.7. The zero-order valence-electron chi connectivity index (χ0n) is 29.1. The van der Waals surface area contributed by atoms with Crippen LogP contribution in [0.5, 0.6) is 17.2 Å². The van der Waals surface area contributed by atoms with E-state index >= 15 is 0 Å². The van der Waals surface area contributed by atoms with E-state index in [1.165, 1.54) is 32.0 Å². The molecule has 6 N–H and O–H groups in total. The van der Waals surface area contributed by atoms with Crippen molar-refractivity contribution in [2.45, 2.75) is 70.4 Å². The first kappa shape index (κ1) is 37.5. The van der Waals surface area contributed by atoms with Crippen LogP contribution in [0.25, 0.3) is 12.2 Å². The predicted molar refractivity (Wildman–Crippen MR) is 192 cm³/mol. The largest absolute Gasteiger partial charge is 0.507 e. The minimum absolute atomic E-state index is 0.0230. The number of aliphatic hydroxyl groups excluding tert-OH is 5. The lowest BCUT2D eigenvalue weighted by atomic mass is 9.79. The summed E-state index contributed by atoms with van der Waals surface area (Å²) in [5, 5.41) is 62.3. The Balaban J connectivity index is 1.49. The van der Waals surface area contributed by atoms with Gasteiger partial charge in [0.25, 0.3) is 0 Å². The first-order chi connectivity index (χ1) is 25.4. The van der Waals surface area contributed by atoms with Crippen molar-refractivity contribution in [2.75, 3.05) is 6.61 Å². The number of benzene rings is 4. The molecular weight excluding hydrogens is 684 g/mol. The quantitative estimate of drug-likeness (QED) is 0.0660. The Morgan fingerprint density at radius 1 is 0.811 bits per heavy atom. The smallest absolute Gasteiger partial charge is 0.308 e. The van der Waals surface area contributed by atoms with Gasteiger partial charge in [-0.25, -0.2) is 0 Å². The van der Waals surface area contributed by atoms with E-state index in [1.54, 1.807) is 36.4 Å². The standard InChI is InChI=1S/C41H40O12/c1-21-35(45)39(49)40(50)41(51-21)53-32-19-30-34(37(47)29(32)18-25-8-4-9-26(17-25)20-43)36(46)28-13-14-31(52-22(2)44)27(33(28)38(30)48)12-11-24-7-3-6-23(16-24)10-5-15-42/h3-4,6-9,11-14,16-17,19,21,35,39-43,45,47,49-50H,5,10,15,18,20H2,1-2H3. The topological polar surface area (TPSA) is 200 Å². The van der Waals surface area contributed by atoms with E-state index in [1.807, 2.05) is 24.3 Å². The number of ketones is 2. The van der Waals surface area contributed by atoms with E-state index < -0.39 is 54.0 Å². The number of rotatable bonds is 11. The molecule has 1 heterocycles. The van der Waals surface area contributed by atoms with Gasteiger partial charge in [-0.05, 0) is 66.3 Å². The molecule has 1 aliphatic heterocycles. The molecule has 2 aliphatic rings. The summed E-state index contributed by atoms with van der Waals surface area (Å²) >= 11 is 0. The third-order valence-corrected chi connectivity index (χ3v) is 9.39. The lowest BCUT2D eigenvalue weighted by Crippen LogP contribution is -2.58. The number of hydrogen-bond acceptors (Lipinski definition) is 12. The summed E-state index contributed by atoms with van der Waals surface area (Å²) in [5.74, 6) is -2.71. The Kier molecular flexibility index (Phi) is 11.2. The summed E-state index contributed by atoms with van der Waals surface area (Å²) in [4.78, 5) is 41.0. The van der Waals surface area contributed by atoms with Gasteiger partial charge in [0.1, 0.15) is 35.6 Å². The van der Waals surface area contributed by atoms with E-state index in [4.69, 9.17) is 14.2 Å². The fourth-order valence-corrected chi connectivity index (χ4v) is 6.68. The lowest BCUT2D eigenvalue weighted by molar-refractivity contribution is -0.268. The molecule has 1 saturated heterocycles. The maximum Gasteiger partial charge on any atom is 0.308 e. The van der Waals surface area contributed by atoms with E-state index in [9.17, 15) is 45.0 Å². The molecule has 0 saturated carbocycles. The summed E-state index contributed by atoms with van der Waals surface area (Å²) in [7, 11) is 0. The molecule has 1 aliphatic carbocycles. The van der Waals surface area contributed by atoms with E-state index in [-0.39, 0.29) is 64.5 Å². The lowest BCUT2D eigenvalue weighted by Gasteiger charge is -2.39. The average molecular weight is 725 g/mol. The Hall–Kier alpha value is -5.21. The Bertz CT molecular complexity index is 2090. The van der Waals surface area contributed by atoms with Gasteiger partial charge in [-0.15, -0.1) is 0 Å². The minimum atomic E-state index is -1.73. The number of aromatic hydroxyl groups is 1. The predicted octanol–water partition coefficient (Wildman–Crippen LogP) is 3.48. The van der Waals surface area contributed by atoms with Crippen LogP contribution in [0.15, 0.2) is 66.7 Å². The van der Waals surface area contributed by atoms with Gasteiger partial charge in [0.15, 0.2) is 11.6 Å². The van der Waals surface area contributed by atoms with Crippen LogP contribution < -0.4 is 9.47 Å². The monoisotopic (exact) mass is 724 g/mol. The van der Waals surface area contributed by atoms with E-state index in [2.05, 4.69) is 0 Å². The van der Waals surface area contributed by atoms with Crippen LogP contribution in [-0.2, 0) is 29.0 Å². The number of carbonyl (C=O) groups excluding carboxylic acids is 3. The van der Waals surface area contributed by atoms with Crippen molar-refractivity contribution >= 4 is 29.7 Å². The molecule has 53 heavy (non-hydrogen) atoms. The SMILES string of the molecule is CC(=O)Oc1ccc2c(c1C=Cc1cccc(CCCO)c1)C(=O)c1cc(OC3OC(C)C(O)C(O)C3O)c(Cc3cccc(CO)c3)c(O)c1C2=O. The molecule has 4 aromatic carbocycles. The van der Waals surface area contributed by atoms with E-state index in [0.717, 1.165) is 11.1 Å². The number of aliphatic hydroxyl groups is 5. The Morgan fingerprint density at radius 2 is 1.53 bits per heavy atom. The van der Waals surface area contributed by atoms with Crippen molar-refractivity contribution in [1.29, 1.82) is 0 Å². The first-order valence-electron chi connectivity index (χ1n) is 17.2. The van der Waals surface area contributed by atoms with Gasteiger partial charge in [-0.2, -0.15) is 0 Å². The number of carbonyl (C=O) groups is 3. The highest BCUT2D eigenvalue weighted by Crippen LogP contribution is 2.44. The molecule has 5 unspecified atom stereocenters. The van der Waals surface area contributed by atoms with Crippen LogP contribution in [-0.4, -0.2) is 85.5 Å². The van der Waals surface area contributed by atoms with Gasteiger partial charge in [-0.3, -0.25) is 14.4 Å². The maximum atomic E-state index is 14.6. The third kappa shape index (κ3) is 7.65. The molecule has 1 fully saturated rings. The summed E-state index contributed by atoms with van der Waals surface area (Å²) in [6.45, 7) is 2.47. The number of fused-ring (bicyclic) bond motifs is 2. The molecule has 0 spiro atoms. The second-order valence-electron chi connectivity index (χ2n) is 13.1. The highest BCUT2D eigenvalue weighted by molar-refractivity contribution is 6.31. The number of phenolic OH excluding ortho intramolecular Hbond substituents is 1. The average Bonchev–Trinajstić information content (AvgIpc) is 3.14. The zero-order valence-corrected chi connectivity index (χ0v) is 29.1. The van der Waals surface area contributed by atoms with Crippen molar-refractivity contribution in [1.82, 2.24) is 0 Å². The normalized spacial score (nSPS) is 21.0. The fourth-order valence-electron chi connectivity index (χ4n) is 6.68. The molecule has 12 nitrogen and oxygen atoms in total. The Labute approximate surface area is 305 Å². The second kappa shape index (κ2) is 15.8. The zero-order chi connectivity index (χ0) is 38.0. The number of ether oxygens (including phenoxy) is 3. The van der Waals surface area contributed by atoms with Gasteiger partial charge < -0.3 is 44.8 Å². The van der Waals surface area contributed by atoms with Crippen LogP contribution in [0.3, 0.4) is 0 Å². The van der Waals surface area contributed by atoms with Crippen molar-refractivity contribution in [3.05, 3.63) is 122 Å². The van der Waals surface area contributed by atoms with Gasteiger partial charge in [0, 0.05) is 47.8 Å². The summed E-state index contributed by atoms with van der Waals surface area (Å²) < 4.78 is 17.2. The molecule has 0 aromatic heterocycles. The van der Waals surface area contributed by atoms with Crippen LogP contribution in [0, 0.1) is 0 Å². The summed E-state index contributed by atoms with van der Waals surface area (Å²) in [6.07, 6.45) is -2.85. The number of phenols is 1. The molecule has 5 atom stereocenters. The van der Waals surface area contributed by atoms with Gasteiger partial charge in [0.2, 0.25) is 6.29 Å². The fraction of sp³-hybridized carbons (Fsp3) is 0.293. The number of esters is 1. The van der Waals surface area contributed by atoms with Crippen LogP contribution in [0.1, 0.15) is 85.5 Å². The van der Waals surface area contributed by atoms with Crippen LogP contribution >= 0.6 is 0 Å². The maximum absolute atomic E-state index is 14.6. The molecule has 0 amide bonds. The van der Waals surface area contributed by atoms with Gasteiger partial charge in [0.05, 0.1) is 18.3 Å². The first-order valence-corrected chi connectivity index (χ1v) is 17.2. The molecule has 0 radical (unpaired) electrons. The van der Waals surface area contributed by atoms with E-state index in [0.29, 0.717) is 24.0 Å².